The van der Waals surface area contributed by atoms with Gasteiger partial charge in [-0.2, -0.15) is 5.26 Å². The molecule has 0 aliphatic carbocycles. The minimum Gasteiger partial charge on any atom is -0.493 e. The molecule has 29 heavy (non-hydrogen) atoms. The number of H-pyrrole nitrogens is 1. The van der Waals surface area contributed by atoms with Crippen LogP contribution in [0.25, 0.3) is 16.9 Å². The number of anilines is 2. The Balaban J connectivity index is 1.87. The largest absolute Gasteiger partial charge is 0.493 e. The van der Waals surface area contributed by atoms with Crippen molar-refractivity contribution in [1.82, 2.24) is 14.6 Å². The summed E-state index contributed by atoms with van der Waals surface area (Å²) in [4.78, 5) is 4.46. The van der Waals surface area contributed by atoms with E-state index in [-0.39, 0.29) is 0 Å². The first-order valence-electron chi connectivity index (χ1n) is 8.50. The highest BCUT2D eigenvalue weighted by atomic mass is 19.2. The molecule has 146 valence electrons. The number of ether oxygens (including phenoxy) is 2. The molecule has 2 aromatic heterocycles. The molecule has 4 rings (SSSR count). The van der Waals surface area contributed by atoms with Crippen molar-refractivity contribution >= 4 is 17.2 Å². The molecule has 7 nitrogen and oxygen atoms in total. The summed E-state index contributed by atoms with van der Waals surface area (Å²) < 4.78 is 39.3. The van der Waals surface area contributed by atoms with Crippen LogP contribution in [0.5, 0.6) is 11.5 Å². The van der Waals surface area contributed by atoms with Crippen molar-refractivity contribution in [2.24, 2.45) is 0 Å². The number of methoxy groups -OCH3 is 2. The number of hydrogen-bond acceptors (Lipinski definition) is 5. The van der Waals surface area contributed by atoms with Crippen LogP contribution in [0.4, 0.5) is 20.3 Å². The van der Waals surface area contributed by atoms with Crippen molar-refractivity contribution in [3.05, 3.63) is 59.8 Å². The SMILES string of the molecule is COc1ccc(Nc2c(-c3ccc(F)c(F)c3)nc3c(C#N)c[nH]n23)cc1OC. The molecule has 0 aliphatic heterocycles. The second-order valence-corrected chi connectivity index (χ2v) is 6.09. The average molecular weight is 395 g/mol. The molecule has 4 aromatic rings. The third-order valence-electron chi connectivity index (χ3n) is 4.42. The molecule has 0 aliphatic rings. The molecule has 0 saturated carbocycles. The van der Waals surface area contributed by atoms with E-state index in [2.05, 4.69) is 15.4 Å². The highest BCUT2D eigenvalue weighted by Crippen LogP contribution is 2.35. The van der Waals surface area contributed by atoms with Crippen molar-refractivity contribution in [2.75, 3.05) is 19.5 Å². The van der Waals surface area contributed by atoms with Gasteiger partial charge < -0.3 is 14.8 Å². The molecule has 0 bridgehead atoms. The third-order valence-corrected chi connectivity index (χ3v) is 4.42. The van der Waals surface area contributed by atoms with E-state index in [9.17, 15) is 14.0 Å². The second kappa shape index (κ2) is 7.16. The van der Waals surface area contributed by atoms with Gasteiger partial charge in [-0.1, -0.05) is 0 Å². The first-order chi connectivity index (χ1) is 14.0. The van der Waals surface area contributed by atoms with E-state index in [0.29, 0.717) is 45.5 Å². The molecule has 0 spiro atoms. The van der Waals surface area contributed by atoms with Gasteiger partial charge >= 0.3 is 0 Å². The van der Waals surface area contributed by atoms with Crippen molar-refractivity contribution in [3.63, 3.8) is 0 Å². The van der Waals surface area contributed by atoms with Gasteiger partial charge in [0.05, 0.1) is 14.2 Å². The van der Waals surface area contributed by atoms with Crippen LogP contribution >= 0.6 is 0 Å². The van der Waals surface area contributed by atoms with Gasteiger partial charge in [-0.05, 0) is 30.3 Å². The molecule has 2 heterocycles. The van der Waals surface area contributed by atoms with Crippen LogP contribution in [-0.4, -0.2) is 28.8 Å². The van der Waals surface area contributed by atoms with Crippen LogP contribution in [0.2, 0.25) is 0 Å². The van der Waals surface area contributed by atoms with Crippen LogP contribution in [0.1, 0.15) is 5.56 Å². The van der Waals surface area contributed by atoms with Crippen molar-refractivity contribution in [2.45, 2.75) is 0 Å². The lowest BCUT2D eigenvalue weighted by Crippen LogP contribution is -1.99. The molecule has 0 radical (unpaired) electrons. The van der Waals surface area contributed by atoms with Gasteiger partial charge in [-0.3, -0.25) is 5.10 Å². The van der Waals surface area contributed by atoms with E-state index in [1.165, 1.54) is 26.5 Å². The number of halogens is 2. The van der Waals surface area contributed by atoms with Gasteiger partial charge in [-0.15, -0.1) is 0 Å². The Kier molecular flexibility index (Phi) is 4.52. The molecule has 0 atom stereocenters. The minimum absolute atomic E-state index is 0.314. The molecule has 2 aromatic carbocycles. The van der Waals surface area contributed by atoms with E-state index >= 15 is 0 Å². The van der Waals surface area contributed by atoms with Gasteiger partial charge in [0.1, 0.15) is 17.3 Å². The lowest BCUT2D eigenvalue weighted by molar-refractivity contribution is 0.355. The van der Waals surface area contributed by atoms with Gasteiger partial charge in [0.15, 0.2) is 34.6 Å². The summed E-state index contributed by atoms with van der Waals surface area (Å²) >= 11 is 0. The van der Waals surface area contributed by atoms with E-state index in [1.54, 1.807) is 22.7 Å². The number of nitriles is 1. The van der Waals surface area contributed by atoms with Gasteiger partial charge in [-0.25, -0.2) is 18.3 Å². The Morgan fingerprint density at radius 1 is 1.07 bits per heavy atom. The highest BCUT2D eigenvalue weighted by Gasteiger charge is 2.20. The molecular weight excluding hydrogens is 380 g/mol. The van der Waals surface area contributed by atoms with Crippen molar-refractivity contribution < 1.29 is 18.3 Å². The highest BCUT2D eigenvalue weighted by molar-refractivity contribution is 5.81. The number of rotatable bonds is 5. The summed E-state index contributed by atoms with van der Waals surface area (Å²) in [5, 5.41) is 15.4. The number of hydrogen-bond donors (Lipinski definition) is 2. The molecular formula is C20H15F2N5O2. The van der Waals surface area contributed by atoms with Gasteiger partial charge in [0.25, 0.3) is 0 Å². The standard InChI is InChI=1S/C20H15F2N5O2/c1-28-16-6-4-13(8-17(16)29-2)25-20-18(11-3-5-14(21)15(22)7-11)26-19-12(9-23)10-24-27(19)20/h3-8,10,24-25H,1-2H3. The number of nitrogens with one attached hydrogen (secondary N) is 2. The maximum Gasteiger partial charge on any atom is 0.173 e. The number of fused-ring (bicyclic) bond motifs is 1. The van der Waals surface area contributed by atoms with Gasteiger partial charge in [0.2, 0.25) is 0 Å². The summed E-state index contributed by atoms with van der Waals surface area (Å²) in [6, 6.07) is 10.8. The van der Waals surface area contributed by atoms with E-state index < -0.39 is 11.6 Å². The fourth-order valence-corrected chi connectivity index (χ4v) is 3.01. The molecule has 0 amide bonds. The second-order valence-electron chi connectivity index (χ2n) is 6.09. The number of aromatic amines is 1. The Labute approximate surface area is 164 Å². The summed E-state index contributed by atoms with van der Waals surface area (Å²) in [6.07, 6.45) is 1.51. The molecule has 0 saturated heterocycles. The summed E-state index contributed by atoms with van der Waals surface area (Å²) in [5.74, 6) is -0.428. The number of imidazole rings is 1. The summed E-state index contributed by atoms with van der Waals surface area (Å²) in [7, 11) is 3.06. The monoisotopic (exact) mass is 395 g/mol. The van der Waals surface area contributed by atoms with Gasteiger partial charge in [0, 0.05) is 23.5 Å². The maximum absolute atomic E-state index is 13.8. The van der Waals surface area contributed by atoms with E-state index in [1.807, 2.05) is 6.07 Å². The normalized spacial score (nSPS) is 10.7. The zero-order valence-corrected chi connectivity index (χ0v) is 15.5. The Bertz CT molecular complexity index is 1260. The Morgan fingerprint density at radius 3 is 2.55 bits per heavy atom. The topological polar surface area (TPSA) is 87.4 Å². The predicted octanol–water partition coefficient (Wildman–Crippen LogP) is 4.24. The van der Waals surface area contributed by atoms with Crippen LogP contribution < -0.4 is 14.8 Å². The first kappa shape index (κ1) is 18.3. The van der Waals surface area contributed by atoms with Crippen LogP contribution in [0, 0.1) is 23.0 Å². The Hall–Kier alpha value is -4.06. The molecule has 0 unspecified atom stereocenters. The van der Waals surface area contributed by atoms with Crippen molar-refractivity contribution in [1.29, 1.82) is 5.26 Å². The summed E-state index contributed by atoms with van der Waals surface area (Å²) in [5.41, 5.74) is 2.01. The smallest absolute Gasteiger partial charge is 0.173 e. The number of nitrogens with zero attached hydrogens (tertiary/aromatic N) is 3. The fourth-order valence-electron chi connectivity index (χ4n) is 3.01. The predicted molar refractivity (Wildman–Crippen MR) is 102 cm³/mol. The van der Waals surface area contributed by atoms with Crippen LogP contribution in [0.15, 0.2) is 42.6 Å². The average Bonchev–Trinajstić information content (AvgIpc) is 3.29. The zero-order chi connectivity index (χ0) is 20.5. The molecule has 2 N–H and O–H groups in total. The molecule has 9 heteroatoms. The lowest BCUT2D eigenvalue weighted by Gasteiger charge is -2.12. The van der Waals surface area contributed by atoms with Crippen LogP contribution in [-0.2, 0) is 0 Å². The van der Waals surface area contributed by atoms with E-state index in [4.69, 9.17) is 9.47 Å². The summed E-state index contributed by atoms with van der Waals surface area (Å²) in [6.45, 7) is 0. The minimum atomic E-state index is -0.989. The van der Waals surface area contributed by atoms with Crippen molar-refractivity contribution in [3.8, 4) is 28.8 Å². The third kappa shape index (κ3) is 3.10. The maximum atomic E-state index is 13.8. The quantitative estimate of drug-likeness (QED) is 0.528. The fraction of sp³-hybridized carbons (Fsp3) is 0.100. The number of aromatic nitrogens is 3. The van der Waals surface area contributed by atoms with E-state index in [0.717, 1.165) is 12.1 Å². The zero-order valence-electron chi connectivity index (χ0n) is 15.5. The van der Waals surface area contributed by atoms with Crippen LogP contribution in [0.3, 0.4) is 0 Å². The Morgan fingerprint density at radius 2 is 1.86 bits per heavy atom. The lowest BCUT2D eigenvalue weighted by atomic mass is 10.1. The number of benzene rings is 2. The first-order valence-corrected chi connectivity index (χ1v) is 8.50. The molecule has 0 fully saturated rings.